The highest BCUT2D eigenvalue weighted by Crippen LogP contribution is 2.24. The standard InChI is InChI=1S/C12H16N4O2/c1-16(2)12-15-14-11(18-12)9-4-3-5-10(8-9)17-7-6-13/h3-5,8H,6-7,13H2,1-2H3. The minimum absolute atomic E-state index is 0.469. The molecule has 18 heavy (non-hydrogen) atoms. The normalized spacial score (nSPS) is 10.4. The molecule has 0 fully saturated rings. The molecule has 96 valence electrons. The maximum atomic E-state index is 5.51. The summed E-state index contributed by atoms with van der Waals surface area (Å²) in [6, 6.07) is 7.95. The fourth-order valence-corrected chi connectivity index (χ4v) is 1.41. The summed E-state index contributed by atoms with van der Waals surface area (Å²) in [5.41, 5.74) is 6.21. The highest BCUT2D eigenvalue weighted by molar-refractivity contribution is 5.56. The van der Waals surface area contributed by atoms with E-state index in [9.17, 15) is 0 Å². The number of nitrogens with two attached hydrogens (primary N) is 1. The molecule has 0 unspecified atom stereocenters. The van der Waals surface area contributed by atoms with Crippen LogP contribution in [-0.2, 0) is 0 Å². The minimum atomic E-state index is 0.469. The van der Waals surface area contributed by atoms with Crippen molar-refractivity contribution in [2.24, 2.45) is 5.73 Å². The van der Waals surface area contributed by atoms with E-state index in [2.05, 4.69) is 10.2 Å². The molecule has 0 bridgehead atoms. The quantitative estimate of drug-likeness (QED) is 0.855. The summed E-state index contributed by atoms with van der Waals surface area (Å²) in [6.07, 6.45) is 0. The monoisotopic (exact) mass is 248 g/mol. The molecule has 1 aromatic heterocycles. The summed E-state index contributed by atoms with van der Waals surface area (Å²) >= 11 is 0. The zero-order valence-corrected chi connectivity index (χ0v) is 10.5. The van der Waals surface area contributed by atoms with Crippen molar-refractivity contribution in [3.63, 3.8) is 0 Å². The number of aromatic nitrogens is 2. The van der Waals surface area contributed by atoms with Gasteiger partial charge in [-0.25, -0.2) is 0 Å². The largest absolute Gasteiger partial charge is 0.492 e. The molecule has 2 aromatic rings. The fourth-order valence-electron chi connectivity index (χ4n) is 1.41. The first-order chi connectivity index (χ1) is 8.70. The zero-order valence-electron chi connectivity index (χ0n) is 10.5. The Bertz CT molecular complexity index is 510. The van der Waals surface area contributed by atoms with Crippen molar-refractivity contribution < 1.29 is 9.15 Å². The van der Waals surface area contributed by atoms with Gasteiger partial charge in [0, 0.05) is 26.2 Å². The molecular weight excluding hydrogens is 232 g/mol. The molecule has 0 amide bonds. The van der Waals surface area contributed by atoms with E-state index in [-0.39, 0.29) is 0 Å². The van der Waals surface area contributed by atoms with E-state index in [0.717, 1.165) is 11.3 Å². The first kappa shape index (κ1) is 12.4. The Labute approximate surface area is 105 Å². The van der Waals surface area contributed by atoms with Crippen molar-refractivity contribution in [2.45, 2.75) is 0 Å². The number of nitrogens with zero attached hydrogens (tertiary/aromatic N) is 3. The molecule has 6 heteroatoms. The molecule has 1 heterocycles. The third-order valence-electron chi connectivity index (χ3n) is 2.26. The molecule has 0 aliphatic carbocycles. The van der Waals surface area contributed by atoms with Gasteiger partial charge in [-0.15, -0.1) is 5.10 Å². The van der Waals surface area contributed by atoms with E-state index in [4.69, 9.17) is 14.9 Å². The van der Waals surface area contributed by atoms with Gasteiger partial charge in [0.2, 0.25) is 5.89 Å². The first-order valence-corrected chi connectivity index (χ1v) is 5.65. The van der Waals surface area contributed by atoms with Gasteiger partial charge in [0.05, 0.1) is 0 Å². The van der Waals surface area contributed by atoms with Gasteiger partial charge in [-0.05, 0) is 18.2 Å². The van der Waals surface area contributed by atoms with Crippen LogP contribution < -0.4 is 15.4 Å². The molecule has 2 rings (SSSR count). The lowest BCUT2D eigenvalue weighted by Gasteiger charge is -2.05. The van der Waals surface area contributed by atoms with Crippen molar-refractivity contribution in [1.82, 2.24) is 10.2 Å². The van der Waals surface area contributed by atoms with Crippen molar-refractivity contribution in [2.75, 3.05) is 32.1 Å². The van der Waals surface area contributed by atoms with Gasteiger partial charge < -0.3 is 19.8 Å². The highest BCUT2D eigenvalue weighted by Gasteiger charge is 2.10. The minimum Gasteiger partial charge on any atom is -0.492 e. The van der Waals surface area contributed by atoms with Crippen LogP contribution in [0.5, 0.6) is 5.75 Å². The van der Waals surface area contributed by atoms with Gasteiger partial charge >= 0.3 is 6.01 Å². The van der Waals surface area contributed by atoms with Crippen LogP contribution in [0.25, 0.3) is 11.5 Å². The maximum Gasteiger partial charge on any atom is 0.317 e. The van der Waals surface area contributed by atoms with E-state index in [1.807, 2.05) is 38.4 Å². The van der Waals surface area contributed by atoms with E-state index in [1.54, 1.807) is 4.90 Å². The lowest BCUT2D eigenvalue weighted by molar-refractivity contribution is 0.328. The van der Waals surface area contributed by atoms with E-state index in [1.165, 1.54) is 0 Å². The number of benzene rings is 1. The number of anilines is 1. The number of hydrogen-bond acceptors (Lipinski definition) is 6. The Kier molecular flexibility index (Phi) is 3.78. The number of rotatable bonds is 5. The predicted molar refractivity (Wildman–Crippen MR) is 68.6 cm³/mol. The SMILES string of the molecule is CN(C)c1nnc(-c2cccc(OCCN)c2)o1. The lowest BCUT2D eigenvalue weighted by atomic mass is 10.2. The highest BCUT2D eigenvalue weighted by atomic mass is 16.5. The zero-order chi connectivity index (χ0) is 13.0. The fraction of sp³-hybridized carbons (Fsp3) is 0.333. The summed E-state index contributed by atoms with van der Waals surface area (Å²) in [4.78, 5) is 1.76. The van der Waals surface area contributed by atoms with Crippen LogP contribution in [0.3, 0.4) is 0 Å². The Balaban J connectivity index is 2.21. The molecule has 0 atom stereocenters. The molecule has 2 N–H and O–H groups in total. The second-order valence-corrected chi connectivity index (χ2v) is 3.95. The second kappa shape index (κ2) is 5.50. The van der Waals surface area contributed by atoms with E-state index >= 15 is 0 Å². The maximum absolute atomic E-state index is 5.51. The predicted octanol–water partition coefficient (Wildman–Crippen LogP) is 1.14. The van der Waals surface area contributed by atoms with Crippen molar-refractivity contribution in [3.8, 4) is 17.2 Å². The molecular formula is C12H16N4O2. The molecule has 1 aromatic carbocycles. The Morgan fingerprint density at radius 1 is 1.33 bits per heavy atom. The Hall–Kier alpha value is -2.08. The van der Waals surface area contributed by atoms with Gasteiger partial charge in [0.15, 0.2) is 0 Å². The number of hydrogen-bond donors (Lipinski definition) is 1. The Morgan fingerprint density at radius 2 is 2.17 bits per heavy atom. The summed E-state index contributed by atoms with van der Waals surface area (Å²) in [6.45, 7) is 0.964. The number of ether oxygens (including phenoxy) is 1. The summed E-state index contributed by atoms with van der Waals surface area (Å²) in [5, 5.41) is 7.92. The molecule has 0 aliphatic rings. The van der Waals surface area contributed by atoms with Crippen LogP contribution in [-0.4, -0.2) is 37.4 Å². The molecule has 0 spiro atoms. The van der Waals surface area contributed by atoms with Crippen LogP contribution in [0.2, 0.25) is 0 Å². The van der Waals surface area contributed by atoms with Crippen molar-refractivity contribution >= 4 is 6.01 Å². The molecule has 6 nitrogen and oxygen atoms in total. The smallest absolute Gasteiger partial charge is 0.317 e. The van der Waals surface area contributed by atoms with E-state index in [0.29, 0.717) is 25.1 Å². The van der Waals surface area contributed by atoms with Crippen LogP contribution >= 0.6 is 0 Å². The van der Waals surface area contributed by atoms with Crippen LogP contribution in [0.1, 0.15) is 0 Å². The summed E-state index contributed by atoms with van der Waals surface area (Å²) in [7, 11) is 3.69. The van der Waals surface area contributed by atoms with Crippen LogP contribution in [0.15, 0.2) is 28.7 Å². The topological polar surface area (TPSA) is 77.4 Å². The van der Waals surface area contributed by atoms with Gasteiger partial charge in [0.1, 0.15) is 12.4 Å². The Morgan fingerprint density at radius 3 is 2.83 bits per heavy atom. The summed E-state index contributed by atoms with van der Waals surface area (Å²) in [5.74, 6) is 1.21. The summed E-state index contributed by atoms with van der Waals surface area (Å²) < 4.78 is 11.0. The van der Waals surface area contributed by atoms with Gasteiger partial charge in [-0.2, -0.15) is 0 Å². The molecule has 0 radical (unpaired) electrons. The van der Waals surface area contributed by atoms with Crippen molar-refractivity contribution in [1.29, 1.82) is 0 Å². The average Bonchev–Trinajstić information content (AvgIpc) is 2.86. The molecule has 0 saturated heterocycles. The van der Waals surface area contributed by atoms with Crippen LogP contribution in [0.4, 0.5) is 6.01 Å². The molecule has 0 aliphatic heterocycles. The van der Waals surface area contributed by atoms with E-state index < -0.39 is 0 Å². The lowest BCUT2D eigenvalue weighted by Crippen LogP contribution is -2.10. The van der Waals surface area contributed by atoms with Gasteiger partial charge in [0.25, 0.3) is 0 Å². The molecule has 0 saturated carbocycles. The van der Waals surface area contributed by atoms with Gasteiger partial charge in [-0.3, -0.25) is 0 Å². The average molecular weight is 248 g/mol. The van der Waals surface area contributed by atoms with Crippen molar-refractivity contribution in [3.05, 3.63) is 24.3 Å². The van der Waals surface area contributed by atoms with Crippen LogP contribution in [0, 0.1) is 0 Å². The first-order valence-electron chi connectivity index (χ1n) is 5.65. The third kappa shape index (κ3) is 2.78. The van der Waals surface area contributed by atoms with Gasteiger partial charge in [-0.1, -0.05) is 11.2 Å². The third-order valence-corrected chi connectivity index (χ3v) is 2.26. The second-order valence-electron chi connectivity index (χ2n) is 3.95.